The van der Waals surface area contributed by atoms with Crippen molar-refractivity contribution in [2.75, 3.05) is 32.8 Å². The molecule has 154 valence electrons. The van der Waals surface area contributed by atoms with Gasteiger partial charge in [-0.3, -0.25) is 4.79 Å². The lowest BCUT2D eigenvalue weighted by atomic mass is 10.1. The van der Waals surface area contributed by atoms with E-state index in [9.17, 15) is 9.59 Å². The number of hydrogen-bond donors (Lipinski definition) is 0. The largest absolute Gasteiger partial charge is 0.489 e. The van der Waals surface area contributed by atoms with Crippen LogP contribution in [0, 0.1) is 0 Å². The van der Waals surface area contributed by atoms with Gasteiger partial charge in [-0.1, -0.05) is 6.07 Å². The third-order valence-electron chi connectivity index (χ3n) is 5.43. The number of carbonyl (C=O) groups excluding carboxylic acids is 2. The van der Waals surface area contributed by atoms with Gasteiger partial charge >= 0.3 is 6.09 Å². The molecular formula is C22H26N2O4S. The average Bonchev–Trinajstić information content (AvgIpc) is 3.41. The first-order valence-electron chi connectivity index (χ1n) is 10.2. The maximum atomic E-state index is 12.8. The lowest BCUT2D eigenvalue weighted by Crippen LogP contribution is -2.50. The second-order valence-corrected chi connectivity index (χ2v) is 8.28. The molecule has 0 atom stereocenters. The predicted molar refractivity (Wildman–Crippen MR) is 112 cm³/mol. The summed E-state index contributed by atoms with van der Waals surface area (Å²) in [4.78, 5) is 28.7. The number of rotatable bonds is 5. The molecule has 2 aromatic rings. The topological polar surface area (TPSA) is 59.1 Å². The van der Waals surface area contributed by atoms with Crippen molar-refractivity contribution in [1.82, 2.24) is 9.80 Å². The van der Waals surface area contributed by atoms with E-state index in [4.69, 9.17) is 9.47 Å². The van der Waals surface area contributed by atoms with Crippen molar-refractivity contribution >= 4 is 23.3 Å². The minimum atomic E-state index is -0.304. The van der Waals surface area contributed by atoms with E-state index >= 15 is 0 Å². The van der Waals surface area contributed by atoms with Gasteiger partial charge < -0.3 is 19.3 Å². The highest BCUT2D eigenvalue weighted by atomic mass is 32.1. The molecule has 0 saturated carbocycles. The van der Waals surface area contributed by atoms with Crippen molar-refractivity contribution in [1.29, 1.82) is 0 Å². The van der Waals surface area contributed by atoms with Crippen LogP contribution in [0.3, 0.4) is 0 Å². The summed E-state index contributed by atoms with van der Waals surface area (Å²) in [7, 11) is 0. The summed E-state index contributed by atoms with van der Waals surface area (Å²) in [5.41, 5.74) is 3.83. The van der Waals surface area contributed by atoms with Gasteiger partial charge in [0.2, 0.25) is 0 Å². The molecule has 1 aromatic carbocycles. The number of carbonyl (C=O) groups is 2. The molecule has 2 heterocycles. The van der Waals surface area contributed by atoms with Gasteiger partial charge in [-0.15, -0.1) is 11.3 Å². The van der Waals surface area contributed by atoms with E-state index in [0.29, 0.717) is 44.3 Å². The van der Waals surface area contributed by atoms with E-state index in [-0.39, 0.29) is 12.0 Å². The van der Waals surface area contributed by atoms with Gasteiger partial charge in [0.25, 0.3) is 5.91 Å². The minimum Gasteiger partial charge on any atom is -0.489 e. The van der Waals surface area contributed by atoms with Crippen LogP contribution >= 0.6 is 11.3 Å². The van der Waals surface area contributed by atoms with E-state index in [1.54, 1.807) is 16.7 Å². The molecule has 2 amide bonds. The van der Waals surface area contributed by atoms with Gasteiger partial charge in [-0.2, -0.15) is 0 Å². The van der Waals surface area contributed by atoms with E-state index in [0.717, 1.165) is 17.7 Å². The Morgan fingerprint density at radius 2 is 1.79 bits per heavy atom. The summed E-state index contributed by atoms with van der Waals surface area (Å²) in [5, 5.41) is 1.98. The zero-order valence-electron chi connectivity index (χ0n) is 16.7. The number of thiophene rings is 1. The zero-order valence-corrected chi connectivity index (χ0v) is 17.5. The number of ether oxygens (including phenoxy) is 2. The summed E-state index contributed by atoms with van der Waals surface area (Å²) in [6.07, 6.45) is 3.22. The molecule has 1 aliphatic heterocycles. The van der Waals surface area contributed by atoms with Crippen LogP contribution in [0.15, 0.2) is 29.6 Å². The Labute approximate surface area is 175 Å². The second-order valence-electron chi connectivity index (χ2n) is 7.37. The van der Waals surface area contributed by atoms with Gasteiger partial charge in [0.05, 0.1) is 11.5 Å². The van der Waals surface area contributed by atoms with Crippen molar-refractivity contribution < 1.29 is 19.1 Å². The highest BCUT2D eigenvalue weighted by molar-refractivity contribution is 7.12. The number of hydrogen-bond acceptors (Lipinski definition) is 5. The molecule has 1 saturated heterocycles. The summed E-state index contributed by atoms with van der Waals surface area (Å²) in [6, 6.07) is 8.25. The first-order valence-corrected chi connectivity index (χ1v) is 11.0. The van der Waals surface area contributed by atoms with E-state index in [1.165, 1.54) is 35.3 Å². The first-order chi connectivity index (χ1) is 14.1. The average molecular weight is 415 g/mol. The summed E-state index contributed by atoms with van der Waals surface area (Å²) >= 11 is 1.45. The molecule has 0 spiro atoms. The molecule has 2 aliphatic rings. The molecule has 1 aliphatic carbocycles. The lowest BCUT2D eigenvalue weighted by Gasteiger charge is -2.33. The summed E-state index contributed by atoms with van der Waals surface area (Å²) < 4.78 is 11.0. The molecule has 0 N–H and O–H groups in total. The monoisotopic (exact) mass is 414 g/mol. The molecule has 29 heavy (non-hydrogen) atoms. The van der Waals surface area contributed by atoms with Crippen LogP contribution in [-0.2, 0) is 24.2 Å². The predicted octanol–water partition coefficient (Wildman–Crippen LogP) is 3.73. The fourth-order valence-corrected chi connectivity index (χ4v) is 4.69. The maximum Gasteiger partial charge on any atom is 0.409 e. The molecule has 7 heteroatoms. The minimum absolute atomic E-state index is 0.0160. The number of piperazine rings is 1. The quantitative estimate of drug-likeness (QED) is 0.748. The molecule has 6 nitrogen and oxygen atoms in total. The van der Waals surface area contributed by atoms with Crippen LogP contribution in [0.25, 0.3) is 0 Å². The van der Waals surface area contributed by atoms with Crippen LogP contribution in [0.5, 0.6) is 5.75 Å². The number of aryl methyl sites for hydroxylation is 2. The van der Waals surface area contributed by atoms with E-state index in [2.05, 4.69) is 12.1 Å². The van der Waals surface area contributed by atoms with E-state index in [1.807, 2.05) is 17.5 Å². The smallest absolute Gasteiger partial charge is 0.409 e. The van der Waals surface area contributed by atoms with Crippen molar-refractivity contribution in [3.8, 4) is 5.75 Å². The molecule has 0 bridgehead atoms. The number of nitrogens with zero attached hydrogens (tertiary/aromatic N) is 2. The molecule has 4 rings (SSSR count). The molecule has 1 fully saturated rings. The van der Waals surface area contributed by atoms with Gasteiger partial charge in [0.1, 0.15) is 12.4 Å². The van der Waals surface area contributed by atoms with Gasteiger partial charge in [0, 0.05) is 31.7 Å². The van der Waals surface area contributed by atoms with Crippen molar-refractivity contribution in [2.24, 2.45) is 0 Å². The van der Waals surface area contributed by atoms with Crippen LogP contribution in [-0.4, -0.2) is 54.6 Å². The van der Waals surface area contributed by atoms with Crippen LogP contribution in [0.4, 0.5) is 4.79 Å². The van der Waals surface area contributed by atoms with Gasteiger partial charge in [-0.05, 0) is 60.9 Å². The normalized spacial score (nSPS) is 15.9. The fraction of sp³-hybridized carbons (Fsp3) is 0.455. The van der Waals surface area contributed by atoms with E-state index < -0.39 is 0 Å². The molecule has 1 aromatic heterocycles. The molecule has 0 radical (unpaired) electrons. The molecular weight excluding hydrogens is 388 g/mol. The SMILES string of the molecule is CCOC(=O)N1CCN(C(=O)c2cc(COc3ccc4c(c3)CCC4)cs2)CC1. The Bertz CT molecular complexity index is 887. The number of benzene rings is 1. The van der Waals surface area contributed by atoms with Crippen LogP contribution < -0.4 is 4.74 Å². The second kappa shape index (κ2) is 8.86. The van der Waals surface area contributed by atoms with Crippen molar-refractivity contribution in [2.45, 2.75) is 32.8 Å². The highest BCUT2D eigenvalue weighted by Crippen LogP contribution is 2.27. The Kier molecular flexibility index (Phi) is 6.04. The van der Waals surface area contributed by atoms with Gasteiger partial charge in [-0.25, -0.2) is 4.79 Å². The zero-order chi connectivity index (χ0) is 20.2. The lowest BCUT2D eigenvalue weighted by molar-refractivity contribution is 0.0574. The molecule has 0 unspecified atom stereocenters. The first kappa shape index (κ1) is 19.8. The number of amides is 2. The van der Waals surface area contributed by atoms with Gasteiger partial charge in [0.15, 0.2) is 0 Å². The van der Waals surface area contributed by atoms with Crippen LogP contribution in [0.2, 0.25) is 0 Å². The van der Waals surface area contributed by atoms with Crippen molar-refractivity contribution in [3.63, 3.8) is 0 Å². The van der Waals surface area contributed by atoms with Crippen LogP contribution in [0.1, 0.15) is 39.7 Å². The Balaban J connectivity index is 1.30. The maximum absolute atomic E-state index is 12.8. The third kappa shape index (κ3) is 4.56. The fourth-order valence-electron chi connectivity index (χ4n) is 3.83. The number of fused-ring (bicyclic) bond motifs is 1. The standard InChI is InChI=1S/C22H26N2O4S/c1-2-27-22(26)24-10-8-23(9-11-24)21(25)20-12-16(15-29-20)14-28-19-7-6-17-4-3-5-18(17)13-19/h6-7,12-13,15H,2-5,8-11,14H2,1H3. The third-order valence-corrected chi connectivity index (χ3v) is 6.40. The summed E-state index contributed by atoms with van der Waals surface area (Å²) in [6.45, 7) is 4.67. The Morgan fingerprint density at radius 3 is 2.59 bits per heavy atom. The van der Waals surface area contributed by atoms with Crippen molar-refractivity contribution in [3.05, 3.63) is 51.2 Å². The highest BCUT2D eigenvalue weighted by Gasteiger charge is 2.26. The Hall–Kier alpha value is -2.54. The summed E-state index contributed by atoms with van der Waals surface area (Å²) in [5.74, 6) is 0.905. The Morgan fingerprint density at radius 1 is 1.03 bits per heavy atom.